The first-order valence-electron chi connectivity index (χ1n) is 9.54. The number of ether oxygens (including phenoxy) is 1. The molecule has 1 aliphatic heterocycles. The lowest BCUT2D eigenvalue weighted by Crippen LogP contribution is -2.53. The van der Waals surface area contributed by atoms with Gasteiger partial charge in [-0.1, -0.05) is 20.8 Å². The molecule has 0 bridgehead atoms. The molecule has 1 N–H and O–H groups in total. The fourth-order valence-electron chi connectivity index (χ4n) is 3.25. The number of carbonyl (C=O) groups is 1. The monoisotopic (exact) mass is 476 g/mol. The Hall–Kier alpha value is -1.98. The molecule has 0 aliphatic carbocycles. The Morgan fingerprint density at radius 1 is 1.13 bits per heavy atom. The molecule has 1 aliphatic rings. The summed E-state index contributed by atoms with van der Waals surface area (Å²) in [5.41, 5.74) is -0.462. The summed E-state index contributed by atoms with van der Waals surface area (Å²) in [4.78, 5) is 17.3. The smallest absolute Gasteiger partial charge is 0.381 e. The zero-order chi connectivity index (χ0) is 23.1. The van der Waals surface area contributed by atoms with E-state index < -0.39 is 32.2 Å². The predicted octanol–water partition coefficient (Wildman–Crippen LogP) is 4.42. The number of carbonyl (C=O) groups excluding carboxylic acids is 1. The average Bonchev–Trinajstić information content (AvgIpc) is 3.17. The van der Waals surface area contributed by atoms with Crippen molar-refractivity contribution in [2.75, 3.05) is 18.5 Å². The number of benzene rings is 1. The van der Waals surface area contributed by atoms with Gasteiger partial charge < -0.3 is 10.1 Å². The number of nitrogens with zero attached hydrogens (tertiary/aromatic N) is 1. The minimum Gasteiger partial charge on any atom is -0.381 e. The highest BCUT2D eigenvalue weighted by molar-refractivity contribution is 7.93. The van der Waals surface area contributed by atoms with Crippen LogP contribution in [0, 0.1) is 0 Å². The van der Waals surface area contributed by atoms with Crippen LogP contribution in [0.4, 0.5) is 18.3 Å². The fraction of sp³-hybridized carbons (Fsp3) is 0.500. The third kappa shape index (κ3) is 4.63. The van der Waals surface area contributed by atoms with Crippen LogP contribution in [0.5, 0.6) is 0 Å². The van der Waals surface area contributed by atoms with Gasteiger partial charge in [-0.2, -0.15) is 13.2 Å². The standard InChI is InChI=1S/C20H23F3N2O4S2/c1-18(2,3)15-12-30-17(24-15)25-16(26)19(8-10-29-11-9-19)31(27,28)14-6-4-13(5-7-14)20(21,22)23/h4-7,12H,8-11H2,1-3H3,(H,24,25,26). The molecule has 2 aromatic rings. The van der Waals surface area contributed by atoms with Gasteiger partial charge in [0.15, 0.2) is 19.7 Å². The van der Waals surface area contributed by atoms with Crippen molar-refractivity contribution in [2.24, 2.45) is 0 Å². The predicted molar refractivity (Wildman–Crippen MR) is 111 cm³/mol. The van der Waals surface area contributed by atoms with Gasteiger partial charge in [-0.3, -0.25) is 4.79 Å². The summed E-state index contributed by atoms with van der Waals surface area (Å²) in [7, 11) is -4.31. The molecule has 0 atom stereocenters. The number of anilines is 1. The van der Waals surface area contributed by atoms with Gasteiger partial charge in [0.1, 0.15) is 0 Å². The van der Waals surface area contributed by atoms with E-state index in [4.69, 9.17) is 4.74 Å². The molecule has 0 spiro atoms. The van der Waals surface area contributed by atoms with Gasteiger partial charge in [-0.15, -0.1) is 11.3 Å². The second kappa shape index (κ2) is 8.18. The number of sulfone groups is 1. The van der Waals surface area contributed by atoms with E-state index in [0.717, 1.165) is 17.8 Å². The Bertz CT molecular complexity index is 1050. The van der Waals surface area contributed by atoms with Crippen LogP contribution in [0.3, 0.4) is 0 Å². The molecule has 1 fully saturated rings. The fourth-order valence-corrected chi connectivity index (χ4v) is 6.13. The van der Waals surface area contributed by atoms with E-state index in [1.807, 2.05) is 20.8 Å². The second-order valence-corrected chi connectivity index (χ2v) is 11.5. The number of nitrogens with one attached hydrogen (secondary N) is 1. The average molecular weight is 477 g/mol. The summed E-state index contributed by atoms with van der Waals surface area (Å²) in [6.45, 7) is 5.96. The number of amides is 1. The van der Waals surface area contributed by atoms with E-state index in [1.54, 1.807) is 5.38 Å². The number of rotatable bonds is 4. The van der Waals surface area contributed by atoms with Crippen LogP contribution in [-0.2, 0) is 31.0 Å². The molecule has 31 heavy (non-hydrogen) atoms. The topological polar surface area (TPSA) is 85.4 Å². The third-order valence-electron chi connectivity index (χ3n) is 5.21. The molecule has 1 aromatic heterocycles. The Morgan fingerprint density at radius 3 is 2.19 bits per heavy atom. The molecule has 1 amide bonds. The van der Waals surface area contributed by atoms with Gasteiger partial charge >= 0.3 is 6.18 Å². The van der Waals surface area contributed by atoms with Crippen molar-refractivity contribution < 1.29 is 31.1 Å². The highest BCUT2D eigenvalue weighted by Gasteiger charge is 2.52. The van der Waals surface area contributed by atoms with Crippen molar-refractivity contribution in [3.05, 3.63) is 40.9 Å². The second-order valence-electron chi connectivity index (χ2n) is 8.37. The van der Waals surface area contributed by atoms with E-state index in [-0.39, 0.29) is 41.5 Å². The Labute approximate surface area is 182 Å². The lowest BCUT2D eigenvalue weighted by molar-refractivity contribution is -0.137. The number of halogens is 3. The first-order valence-corrected chi connectivity index (χ1v) is 11.9. The number of hydrogen-bond donors (Lipinski definition) is 1. The molecule has 2 heterocycles. The van der Waals surface area contributed by atoms with Gasteiger partial charge in [0.25, 0.3) is 0 Å². The van der Waals surface area contributed by atoms with E-state index >= 15 is 0 Å². The summed E-state index contributed by atoms with van der Waals surface area (Å²) in [6.07, 6.45) is -4.81. The number of thiazole rings is 1. The molecule has 3 rings (SSSR count). The van der Waals surface area contributed by atoms with E-state index in [9.17, 15) is 26.4 Å². The molecule has 11 heteroatoms. The maximum Gasteiger partial charge on any atom is 0.416 e. The largest absolute Gasteiger partial charge is 0.416 e. The van der Waals surface area contributed by atoms with Gasteiger partial charge in [0.2, 0.25) is 5.91 Å². The van der Waals surface area contributed by atoms with Gasteiger partial charge in [0, 0.05) is 24.0 Å². The molecular formula is C20H23F3N2O4S2. The van der Waals surface area contributed by atoms with Gasteiger partial charge in [-0.25, -0.2) is 13.4 Å². The van der Waals surface area contributed by atoms with Crippen LogP contribution in [0.25, 0.3) is 0 Å². The Balaban J connectivity index is 1.96. The molecule has 0 radical (unpaired) electrons. The molecule has 170 valence electrons. The Kier molecular flexibility index (Phi) is 6.25. The summed E-state index contributed by atoms with van der Waals surface area (Å²) < 4.78 is 68.9. The summed E-state index contributed by atoms with van der Waals surface area (Å²) >= 11 is 1.18. The summed E-state index contributed by atoms with van der Waals surface area (Å²) in [5.74, 6) is -0.759. The number of hydrogen-bond acceptors (Lipinski definition) is 6. The van der Waals surface area contributed by atoms with Crippen molar-refractivity contribution in [3.63, 3.8) is 0 Å². The van der Waals surface area contributed by atoms with E-state index in [0.29, 0.717) is 12.1 Å². The third-order valence-corrected chi connectivity index (χ3v) is 8.49. The quantitative estimate of drug-likeness (QED) is 0.706. The van der Waals surface area contributed by atoms with Crippen molar-refractivity contribution in [3.8, 4) is 0 Å². The lowest BCUT2D eigenvalue weighted by Gasteiger charge is -2.34. The molecular weight excluding hydrogens is 453 g/mol. The molecule has 1 aromatic carbocycles. The molecule has 0 saturated carbocycles. The SMILES string of the molecule is CC(C)(C)c1csc(NC(=O)C2(S(=O)(=O)c3ccc(C(F)(F)F)cc3)CCOCC2)n1. The highest BCUT2D eigenvalue weighted by atomic mass is 32.2. The van der Waals surface area contributed by atoms with Crippen molar-refractivity contribution in [2.45, 2.75) is 54.8 Å². The van der Waals surface area contributed by atoms with Crippen LogP contribution >= 0.6 is 11.3 Å². The van der Waals surface area contributed by atoms with Crippen molar-refractivity contribution in [1.82, 2.24) is 4.98 Å². The number of alkyl halides is 3. The van der Waals surface area contributed by atoms with E-state index in [1.165, 1.54) is 11.3 Å². The van der Waals surface area contributed by atoms with Crippen molar-refractivity contribution in [1.29, 1.82) is 0 Å². The maximum absolute atomic E-state index is 13.5. The maximum atomic E-state index is 13.5. The van der Waals surface area contributed by atoms with Crippen LogP contribution in [-0.4, -0.2) is 37.3 Å². The molecule has 0 unspecified atom stereocenters. The molecule has 1 saturated heterocycles. The van der Waals surface area contributed by atoms with Crippen LogP contribution in [0.15, 0.2) is 34.5 Å². The minimum absolute atomic E-state index is 0.0401. The van der Waals surface area contributed by atoms with E-state index in [2.05, 4.69) is 10.3 Å². The van der Waals surface area contributed by atoms with Crippen LogP contribution < -0.4 is 5.32 Å². The first-order chi connectivity index (χ1) is 14.3. The van der Waals surface area contributed by atoms with Crippen LogP contribution in [0.1, 0.15) is 44.9 Å². The minimum atomic E-state index is -4.59. The zero-order valence-corrected chi connectivity index (χ0v) is 18.9. The first kappa shape index (κ1) is 23.7. The number of aromatic nitrogens is 1. The zero-order valence-electron chi connectivity index (χ0n) is 17.2. The Morgan fingerprint density at radius 2 is 1.71 bits per heavy atom. The normalized spacial score (nSPS) is 17.4. The summed E-state index contributed by atoms with van der Waals surface area (Å²) in [5, 5.41) is 4.67. The molecule has 6 nitrogen and oxygen atoms in total. The lowest BCUT2D eigenvalue weighted by atomic mass is 9.93. The highest BCUT2D eigenvalue weighted by Crippen LogP contribution is 2.38. The summed E-state index contributed by atoms with van der Waals surface area (Å²) in [6, 6.07) is 3.19. The van der Waals surface area contributed by atoms with Crippen molar-refractivity contribution >= 4 is 32.2 Å². The van der Waals surface area contributed by atoms with Crippen LogP contribution in [0.2, 0.25) is 0 Å². The van der Waals surface area contributed by atoms with Gasteiger partial charge in [0.05, 0.1) is 16.2 Å². The van der Waals surface area contributed by atoms with Gasteiger partial charge in [-0.05, 0) is 37.1 Å².